The quantitative estimate of drug-likeness (QED) is 0.668. The van der Waals surface area contributed by atoms with E-state index in [2.05, 4.69) is 4.98 Å². The minimum absolute atomic E-state index is 0.137. The Bertz CT molecular complexity index is 826. The maximum absolute atomic E-state index is 13.5. The molecule has 0 aliphatic carbocycles. The molecule has 0 spiro atoms. The standard InChI is InChI=1S/C15H10ClFN2O/c1-9(20)12-8-13(16)15-18-5-6-19(15)14(12)10-3-2-4-11(17)7-10/h2-8H,1H3. The number of Topliss-reactive ketones (excluding diaryl/α,β-unsaturated/α-hetero) is 1. The molecule has 3 aromatic rings. The highest BCUT2D eigenvalue weighted by Gasteiger charge is 2.16. The maximum Gasteiger partial charge on any atom is 0.161 e. The minimum atomic E-state index is -0.361. The monoisotopic (exact) mass is 288 g/mol. The Morgan fingerprint density at radius 1 is 1.35 bits per heavy atom. The second-order valence-corrected chi connectivity index (χ2v) is 4.85. The van der Waals surface area contributed by atoms with Crippen molar-refractivity contribution in [2.75, 3.05) is 0 Å². The van der Waals surface area contributed by atoms with Crippen molar-refractivity contribution in [3.8, 4) is 11.3 Å². The molecule has 100 valence electrons. The first-order valence-electron chi connectivity index (χ1n) is 6.00. The molecule has 0 saturated carbocycles. The molecule has 0 N–H and O–H groups in total. The van der Waals surface area contributed by atoms with Gasteiger partial charge in [-0.25, -0.2) is 9.37 Å². The highest BCUT2D eigenvalue weighted by Crippen LogP contribution is 2.30. The van der Waals surface area contributed by atoms with Crippen LogP contribution < -0.4 is 0 Å². The number of carbonyl (C=O) groups is 1. The number of carbonyl (C=O) groups excluding carboxylic acids is 1. The maximum atomic E-state index is 13.5. The van der Waals surface area contributed by atoms with Gasteiger partial charge in [0.05, 0.1) is 10.7 Å². The van der Waals surface area contributed by atoms with Crippen LogP contribution >= 0.6 is 11.6 Å². The third kappa shape index (κ3) is 1.98. The summed E-state index contributed by atoms with van der Waals surface area (Å²) in [7, 11) is 0. The Kier molecular flexibility index (Phi) is 3.03. The Morgan fingerprint density at radius 3 is 2.85 bits per heavy atom. The second kappa shape index (κ2) is 4.72. The zero-order chi connectivity index (χ0) is 14.3. The van der Waals surface area contributed by atoms with E-state index in [-0.39, 0.29) is 11.6 Å². The van der Waals surface area contributed by atoms with Crippen LogP contribution in [0.15, 0.2) is 42.7 Å². The molecule has 0 amide bonds. The van der Waals surface area contributed by atoms with Crippen LogP contribution in [0.2, 0.25) is 5.02 Å². The van der Waals surface area contributed by atoms with Gasteiger partial charge in [0, 0.05) is 23.5 Å². The van der Waals surface area contributed by atoms with Crippen molar-refractivity contribution >= 4 is 23.0 Å². The fraction of sp³-hybridized carbons (Fsp3) is 0.0667. The van der Waals surface area contributed by atoms with Gasteiger partial charge in [-0.2, -0.15) is 0 Å². The van der Waals surface area contributed by atoms with Gasteiger partial charge in [-0.05, 0) is 25.1 Å². The van der Waals surface area contributed by atoms with Gasteiger partial charge in [-0.3, -0.25) is 9.20 Å². The van der Waals surface area contributed by atoms with Gasteiger partial charge in [0.1, 0.15) is 5.82 Å². The average molecular weight is 289 g/mol. The van der Waals surface area contributed by atoms with Gasteiger partial charge in [0.25, 0.3) is 0 Å². The van der Waals surface area contributed by atoms with E-state index in [4.69, 9.17) is 11.6 Å². The molecular weight excluding hydrogens is 279 g/mol. The third-order valence-electron chi connectivity index (χ3n) is 3.10. The van der Waals surface area contributed by atoms with Crippen LogP contribution in [0, 0.1) is 5.82 Å². The summed E-state index contributed by atoms with van der Waals surface area (Å²) >= 11 is 6.13. The van der Waals surface area contributed by atoms with Gasteiger partial charge in [0.2, 0.25) is 0 Å². The molecule has 2 aromatic heterocycles. The smallest absolute Gasteiger partial charge is 0.161 e. The van der Waals surface area contributed by atoms with Gasteiger partial charge in [-0.1, -0.05) is 23.7 Å². The summed E-state index contributed by atoms with van der Waals surface area (Å²) in [5.74, 6) is -0.498. The molecule has 1 aromatic carbocycles. The molecule has 2 heterocycles. The number of halogens is 2. The minimum Gasteiger partial charge on any atom is -0.298 e. The van der Waals surface area contributed by atoms with Crippen molar-refractivity contribution in [1.29, 1.82) is 0 Å². The van der Waals surface area contributed by atoms with E-state index in [1.807, 2.05) is 0 Å². The molecule has 20 heavy (non-hydrogen) atoms. The van der Waals surface area contributed by atoms with Crippen LogP contribution in [-0.4, -0.2) is 15.2 Å². The number of hydrogen-bond acceptors (Lipinski definition) is 2. The summed E-state index contributed by atoms with van der Waals surface area (Å²) in [4.78, 5) is 16.0. The Balaban J connectivity index is 2.43. The number of aromatic nitrogens is 2. The highest BCUT2D eigenvalue weighted by molar-refractivity contribution is 6.34. The van der Waals surface area contributed by atoms with Crippen LogP contribution in [0.3, 0.4) is 0 Å². The lowest BCUT2D eigenvalue weighted by atomic mass is 10.0. The molecule has 5 heteroatoms. The van der Waals surface area contributed by atoms with E-state index in [0.29, 0.717) is 27.5 Å². The second-order valence-electron chi connectivity index (χ2n) is 4.44. The van der Waals surface area contributed by atoms with E-state index in [1.54, 1.807) is 35.0 Å². The lowest BCUT2D eigenvalue weighted by Gasteiger charge is -2.12. The van der Waals surface area contributed by atoms with E-state index >= 15 is 0 Å². The first-order valence-corrected chi connectivity index (χ1v) is 6.38. The number of fused-ring (bicyclic) bond motifs is 1. The Morgan fingerprint density at radius 2 is 2.15 bits per heavy atom. The number of hydrogen-bond donors (Lipinski definition) is 0. The van der Waals surface area contributed by atoms with Crippen LogP contribution in [0.1, 0.15) is 17.3 Å². The predicted octanol–water partition coefficient (Wildman–Crippen LogP) is 4.00. The number of benzene rings is 1. The summed E-state index contributed by atoms with van der Waals surface area (Å²) in [6.07, 6.45) is 3.29. The normalized spacial score (nSPS) is 10.9. The lowest BCUT2D eigenvalue weighted by Crippen LogP contribution is -2.03. The van der Waals surface area contributed by atoms with Crippen molar-refractivity contribution < 1.29 is 9.18 Å². The van der Waals surface area contributed by atoms with Crippen LogP contribution in [-0.2, 0) is 0 Å². The first kappa shape index (κ1) is 12.8. The van der Waals surface area contributed by atoms with Crippen molar-refractivity contribution in [1.82, 2.24) is 9.38 Å². The van der Waals surface area contributed by atoms with Gasteiger partial charge >= 0.3 is 0 Å². The van der Waals surface area contributed by atoms with Gasteiger partial charge in [0.15, 0.2) is 11.4 Å². The topological polar surface area (TPSA) is 34.4 Å². The fourth-order valence-corrected chi connectivity index (χ4v) is 2.50. The molecule has 0 aliphatic heterocycles. The molecule has 0 radical (unpaired) electrons. The van der Waals surface area contributed by atoms with Crippen molar-refractivity contribution in [2.45, 2.75) is 6.92 Å². The summed E-state index contributed by atoms with van der Waals surface area (Å²) in [5, 5.41) is 0.389. The molecule has 0 fully saturated rings. The predicted molar refractivity (Wildman–Crippen MR) is 75.6 cm³/mol. The zero-order valence-electron chi connectivity index (χ0n) is 10.6. The number of ketones is 1. The Hall–Kier alpha value is -2.20. The van der Waals surface area contributed by atoms with Crippen molar-refractivity contribution in [2.24, 2.45) is 0 Å². The average Bonchev–Trinajstić information content (AvgIpc) is 2.88. The largest absolute Gasteiger partial charge is 0.298 e. The molecular formula is C15H10ClFN2O. The molecule has 0 atom stereocenters. The van der Waals surface area contributed by atoms with Crippen LogP contribution in [0.4, 0.5) is 4.39 Å². The van der Waals surface area contributed by atoms with Crippen LogP contribution in [0.5, 0.6) is 0 Å². The molecule has 3 nitrogen and oxygen atoms in total. The molecule has 0 aliphatic rings. The van der Waals surface area contributed by atoms with E-state index in [9.17, 15) is 9.18 Å². The summed E-state index contributed by atoms with van der Waals surface area (Å²) in [6.45, 7) is 1.46. The Labute approximate surface area is 119 Å². The van der Waals surface area contributed by atoms with Crippen molar-refractivity contribution in [3.63, 3.8) is 0 Å². The summed E-state index contributed by atoms with van der Waals surface area (Å²) in [6, 6.07) is 7.67. The van der Waals surface area contributed by atoms with E-state index in [1.165, 1.54) is 19.1 Å². The highest BCUT2D eigenvalue weighted by atomic mass is 35.5. The molecule has 3 rings (SSSR count). The number of nitrogens with zero attached hydrogens (tertiary/aromatic N) is 2. The first-order chi connectivity index (χ1) is 9.58. The lowest BCUT2D eigenvalue weighted by molar-refractivity contribution is 0.101. The van der Waals surface area contributed by atoms with E-state index in [0.717, 1.165) is 0 Å². The SMILES string of the molecule is CC(=O)c1cc(Cl)c2nccn2c1-c1cccc(F)c1. The van der Waals surface area contributed by atoms with E-state index < -0.39 is 0 Å². The third-order valence-corrected chi connectivity index (χ3v) is 3.38. The van der Waals surface area contributed by atoms with Gasteiger partial charge < -0.3 is 0 Å². The number of rotatable bonds is 2. The fourth-order valence-electron chi connectivity index (χ4n) is 2.25. The molecule has 0 saturated heterocycles. The number of imidazole rings is 1. The van der Waals surface area contributed by atoms with Crippen LogP contribution in [0.25, 0.3) is 16.9 Å². The number of pyridine rings is 1. The summed E-state index contributed by atoms with van der Waals surface area (Å²) < 4.78 is 15.2. The molecule has 0 unspecified atom stereocenters. The zero-order valence-corrected chi connectivity index (χ0v) is 11.4. The molecule has 0 bridgehead atoms. The van der Waals surface area contributed by atoms with Crippen molar-refractivity contribution in [3.05, 3.63) is 59.1 Å². The summed E-state index contributed by atoms with van der Waals surface area (Å²) in [5.41, 5.74) is 2.17. The van der Waals surface area contributed by atoms with Gasteiger partial charge in [-0.15, -0.1) is 0 Å².